The lowest BCUT2D eigenvalue weighted by atomic mass is 10.1. The van der Waals surface area contributed by atoms with E-state index in [1.54, 1.807) is 12.1 Å². The van der Waals surface area contributed by atoms with Crippen LogP contribution in [0.5, 0.6) is 5.75 Å². The van der Waals surface area contributed by atoms with E-state index in [2.05, 4.69) is 10.1 Å². The van der Waals surface area contributed by atoms with Crippen LogP contribution in [0.1, 0.15) is 19.8 Å². The first-order valence-corrected chi connectivity index (χ1v) is 10.0. The van der Waals surface area contributed by atoms with Crippen molar-refractivity contribution < 1.29 is 19.2 Å². The van der Waals surface area contributed by atoms with Crippen LogP contribution in [-0.2, 0) is 11.3 Å². The zero-order chi connectivity index (χ0) is 21.1. The Labute approximate surface area is 177 Å². The van der Waals surface area contributed by atoms with Gasteiger partial charge < -0.3 is 18.9 Å². The molecule has 0 atom stereocenters. The first-order chi connectivity index (χ1) is 14.5. The van der Waals surface area contributed by atoms with Crippen LogP contribution in [0.25, 0.3) is 33.7 Å². The van der Waals surface area contributed by atoms with Crippen molar-refractivity contribution in [3.8, 4) is 28.6 Å². The summed E-state index contributed by atoms with van der Waals surface area (Å²) in [5.41, 5.74) is 2.48. The number of halogens is 1. The van der Waals surface area contributed by atoms with Crippen LogP contribution in [0.3, 0.4) is 0 Å². The molecule has 0 spiro atoms. The molecular weight excluding hydrogens is 406 g/mol. The van der Waals surface area contributed by atoms with Gasteiger partial charge in [-0.3, -0.25) is 4.79 Å². The summed E-state index contributed by atoms with van der Waals surface area (Å²) >= 11 is 6.30. The van der Waals surface area contributed by atoms with E-state index in [-0.39, 0.29) is 6.42 Å². The zero-order valence-electron chi connectivity index (χ0n) is 16.3. The molecule has 0 fully saturated rings. The number of aliphatic carboxylic acids is 1. The maximum Gasteiger partial charge on any atom is 0.305 e. The SMILES string of the molecule is CCCOc1ccc(-c2nc(-c3ccc4c(ccn4CCC(=O)O)c3)no2)cc1Cl. The van der Waals surface area contributed by atoms with Gasteiger partial charge in [0, 0.05) is 34.8 Å². The molecule has 4 rings (SSSR count). The number of hydrogen-bond acceptors (Lipinski definition) is 5. The summed E-state index contributed by atoms with van der Waals surface area (Å²) in [6, 6.07) is 13.1. The number of carbonyl (C=O) groups is 1. The maximum atomic E-state index is 10.8. The Balaban J connectivity index is 1.57. The van der Waals surface area contributed by atoms with Gasteiger partial charge in [-0.1, -0.05) is 23.7 Å². The van der Waals surface area contributed by atoms with Gasteiger partial charge >= 0.3 is 5.97 Å². The highest BCUT2D eigenvalue weighted by atomic mass is 35.5. The number of nitrogens with zero attached hydrogens (tertiary/aromatic N) is 3. The number of fused-ring (bicyclic) bond motifs is 1. The van der Waals surface area contributed by atoms with Crippen molar-refractivity contribution >= 4 is 28.5 Å². The van der Waals surface area contributed by atoms with Crippen molar-refractivity contribution in [2.24, 2.45) is 0 Å². The van der Waals surface area contributed by atoms with Crippen LogP contribution in [0, 0.1) is 0 Å². The molecule has 0 bridgehead atoms. The molecule has 4 aromatic rings. The monoisotopic (exact) mass is 425 g/mol. The molecule has 0 saturated carbocycles. The number of rotatable bonds is 8. The van der Waals surface area contributed by atoms with Gasteiger partial charge in [0.05, 0.1) is 18.1 Å². The van der Waals surface area contributed by atoms with E-state index >= 15 is 0 Å². The standard InChI is InChI=1S/C22H20ClN3O4/c1-2-11-29-19-6-4-16(13-17(19)23)22-24-21(25-30-22)15-3-5-18-14(12-15)7-9-26(18)10-8-20(27)28/h3-7,9,12-13H,2,8,10-11H2,1H3,(H,27,28). The minimum Gasteiger partial charge on any atom is -0.492 e. The van der Waals surface area contributed by atoms with E-state index in [1.165, 1.54) is 0 Å². The molecule has 0 amide bonds. The van der Waals surface area contributed by atoms with E-state index < -0.39 is 5.97 Å². The molecule has 0 aliphatic heterocycles. The highest BCUT2D eigenvalue weighted by Gasteiger charge is 2.14. The molecule has 7 nitrogen and oxygen atoms in total. The third-order valence-corrected chi connectivity index (χ3v) is 4.96. The number of benzene rings is 2. The van der Waals surface area contributed by atoms with Gasteiger partial charge in [0.1, 0.15) is 5.75 Å². The fourth-order valence-electron chi connectivity index (χ4n) is 3.17. The smallest absolute Gasteiger partial charge is 0.305 e. The average Bonchev–Trinajstić information content (AvgIpc) is 3.38. The lowest BCUT2D eigenvalue weighted by molar-refractivity contribution is -0.137. The van der Waals surface area contributed by atoms with E-state index in [0.29, 0.717) is 41.2 Å². The van der Waals surface area contributed by atoms with Gasteiger partial charge in [-0.05, 0) is 48.9 Å². The second-order valence-corrected chi connectivity index (χ2v) is 7.25. The molecule has 30 heavy (non-hydrogen) atoms. The highest BCUT2D eigenvalue weighted by Crippen LogP contribution is 2.31. The maximum absolute atomic E-state index is 10.8. The number of aryl methyl sites for hydroxylation is 1. The Morgan fingerprint density at radius 3 is 2.80 bits per heavy atom. The molecule has 0 aliphatic carbocycles. The van der Waals surface area contributed by atoms with E-state index in [1.807, 2.05) is 48.0 Å². The quantitative estimate of drug-likeness (QED) is 0.413. The van der Waals surface area contributed by atoms with Crippen LogP contribution in [-0.4, -0.2) is 32.4 Å². The van der Waals surface area contributed by atoms with Gasteiger partial charge in [-0.15, -0.1) is 0 Å². The Kier molecular flexibility index (Phi) is 5.72. The van der Waals surface area contributed by atoms with Gasteiger partial charge in [0.2, 0.25) is 5.82 Å². The molecule has 8 heteroatoms. The van der Waals surface area contributed by atoms with E-state index in [4.69, 9.17) is 26.0 Å². The molecule has 2 heterocycles. The van der Waals surface area contributed by atoms with Crippen molar-refractivity contribution in [1.29, 1.82) is 0 Å². The molecule has 0 saturated heterocycles. The number of carboxylic acids is 1. The molecule has 0 unspecified atom stereocenters. The summed E-state index contributed by atoms with van der Waals surface area (Å²) in [5.74, 6) is 0.637. The lowest BCUT2D eigenvalue weighted by Gasteiger charge is -2.06. The zero-order valence-corrected chi connectivity index (χ0v) is 17.1. The Bertz CT molecular complexity index is 1200. The molecule has 2 aromatic carbocycles. The van der Waals surface area contributed by atoms with Gasteiger partial charge in [0.25, 0.3) is 5.89 Å². The van der Waals surface area contributed by atoms with Crippen LogP contribution < -0.4 is 4.74 Å². The van der Waals surface area contributed by atoms with Gasteiger partial charge in [0.15, 0.2) is 0 Å². The molecule has 154 valence electrons. The summed E-state index contributed by atoms with van der Waals surface area (Å²) in [7, 11) is 0. The predicted molar refractivity (Wildman–Crippen MR) is 114 cm³/mol. The second kappa shape index (κ2) is 8.59. The molecule has 1 N–H and O–H groups in total. The molecule has 0 radical (unpaired) electrons. The lowest BCUT2D eigenvalue weighted by Crippen LogP contribution is -2.03. The highest BCUT2D eigenvalue weighted by molar-refractivity contribution is 6.32. The van der Waals surface area contributed by atoms with Crippen LogP contribution in [0.2, 0.25) is 5.02 Å². The average molecular weight is 426 g/mol. The summed E-state index contributed by atoms with van der Waals surface area (Å²) in [5, 5.41) is 14.4. The number of ether oxygens (including phenoxy) is 1. The largest absolute Gasteiger partial charge is 0.492 e. The third-order valence-electron chi connectivity index (χ3n) is 4.66. The van der Waals surface area contributed by atoms with Crippen molar-refractivity contribution in [3.63, 3.8) is 0 Å². The number of carboxylic acid groups (broad SMARTS) is 1. The summed E-state index contributed by atoms with van der Waals surface area (Å²) in [6.07, 6.45) is 2.85. The minimum atomic E-state index is -0.821. The van der Waals surface area contributed by atoms with Gasteiger partial charge in [-0.25, -0.2) is 0 Å². The normalized spacial score (nSPS) is 11.1. The van der Waals surface area contributed by atoms with Crippen LogP contribution in [0.4, 0.5) is 0 Å². The molecule has 0 aliphatic rings. The number of hydrogen-bond donors (Lipinski definition) is 1. The molecular formula is C22H20ClN3O4. The van der Waals surface area contributed by atoms with E-state index in [9.17, 15) is 4.79 Å². The summed E-state index contributed by atoms with van der Waals surface area (Å²) < 4.78 is 12.9. The Morgan fingerprint density at radius 2 is 2.03 bits per heavy atom. The van der Waals surface area contributed by atoms with Crippen LogP contribution >= 0.6 is 11.6 Å². The predicted octanol–water partition coefficient (Wildman–Crippen LogP) is 5.28. The van der Waals surface area contributed by atoms with Crippen molar-refractivity contribution in [2.45, 2.75) is 26.3 Å². The van der Waals surface area contributed by atoms with Gasteiger partial charge in [-0.2, -0.15) is 4.98 Å². The topological polar surface area (TPSA) is 90.4 Å². The Morgan fingerprint density at radius 1 is 1.20 bits per heavy atom. The summed E-state index contributed by atoms with van der Waals surface area (Å²) in [6.45, 7) is 3.05. The molecule has 2 aromatic heterocycles. The van der Waals surface area contributed by atoms with Crippen molar-refractivity contribution in [1.82, 2.24) is 14.7 Å². The Hall–Kier alpha value is -3.32. The minimum absolute atomic E-state index is 0.0740. The third kappa shape index (κ3) is 4.16. The fraction of sp³-hybridized carbons (Fsp3) is 0.227. The number of aromatic nitrogens is 3. The van der Waals surface area contributed by atoms with Crippen molar-refractivity contribution in [3.05, 3.63) is 53.7 Å². The van der Waals surface area contributed by atoms with Crippen molar-refractivity contribution in [2.75, 3.05) is 6.61 Å². The van der Waals surface area contributed by atoms with Crippen LogP contribution in [0.15, 0.2) is 53.2 Å². The van der Waals surface area contributed by atoms with E-state index in [0.717, 1.165) is 22.9 Å². The fourth-order valence-corrected chi connectivity index (χ4v) is 3.41. The second-order valence-electron chi connectivity index (χ2n) is 6.84. The summed E-state index contributed by atoms with van der Waals surface area (Å²) in [4.78, 5) is 15.3. The first kappa shape index (κ1) is 20.0. The first-order valence-electron chi connectivity index (χ1n) is 9.62.